The predicted octanol–water partition coefficient (Wildman–Crippen LogP) is 2.14. The van der Waals surface area contributed by atoms with Crippen molar-refractivity contribution in [1.29, 1.82) is 5.26 Å². The first-order valence-electron chi connectivity index (χ1n) is 6.97. The highest BCUT2D eigenvalue weighted by molar-refractivity contribution is 5.77. The second-order valence-corrected chi connectivity index (χ2v) is 5.76. The minimum Gasteiger partial charge on any atom is -0.378 e. The predicted molar refractivity (Wildman–Crippen MR) is 67.7 cm³/mol. The Kier molecular flexibility index (Phi) is 4.23. The Morgan fingerprint density at radius 3 is 2.72 bits per heavy atom. The molecule has 4 heteroatoms. The van der Waals surface area contributed by atoms with Gasteiger partial charge in [-0.15, -0.1) is 0 Å². The van der Waals surface area contributed by atoms with Crippen molar-refractivity contribution in [1.82, 2.24) is 5.32 Å². The van der Waals surface area contributed by atoms with Gasteiger partial charge in [-0.3, -0.25) is 4.79 Å². The van der Waals surface area contributed by atoms with Crippen LogP contribution in [0.15, 0.2) is 0 Å². The highest BCUT2D eigenvalue weighted by Gasteiger charge is 2.36. The molecule has 0 spiro atoms. The molecule has 2 aliphatic rings. The summed E-state index contributed by atoms with van der Waals surface area (Å²) in [6, 6.07) is 2.32. The zero-order valence-electron chi connectivity index (χ0n) is 11.1. The van der Waals surface area contributed by atoms with E-state index in [1.165, 1.54) is 0 Å². The SMILES string of the molecule is CC1CCC(C#N)(NC(=O)CC2CCCO2)CC1. The number of hydrogen-bond acceptors (Lipinski definition) is 3. The molecule has 18 heavy (non-hydrogen) atoms. The van der Waals surface area contributed by atoms with E-state index in [0.29, 0.717) is 12.3 Å². The maximum Gasteiger partial charge on any atom is 0.223 e. The van der Waals surface area contributed by atoms with Crippen molar-refractivity contribution in [2.75, 3.05) is 6.61 Å². The Labute approximate surface area is 109 Å². The van der Waals surface area contributed by atoms with Gasteiger partial charge in [0, 0.05) is 6.61 Å². The van der Waals surface area contributed by atoms with Gasteiger partial charge in [0.05, 0.1) is 18.6 Å². The van der Waals surface area contributed by atoms with Crippen molar-refractivity contribution in [2.45, 2.75) is 63.5 Å². The maximum absolute atomic E-state index is 12.0. The molecule has 0 bridgehead atoms. The number of hydrogen-bond donors (Lipinski definition) is 1. The highest BCUT2D eigenvalue weighted by Crippen LogP contribution is 2.31. The Bertz CT molecular complexity index is 334. The van der Waals surface area contributed by atoms with Crippen LogP contribution in [-0.2, 0) is 9.53 Å². The lowest BCUT2D eigenvalue weighted by Crippen LogP contribution is -2.50. The molecule has 0 aromatic carbocycles. The van der Waals surface area contributed by atoms with Crippen LogP contribution >= 0.6 is 0 Å². The standard InChI is InChI=1S/C14H22N2O2/c1-11-4-6-14(10-15,7-5-11)16-13(17)9-12-3-2-8-18-12/h11-12H,2-9H2,1H3,(H,16,17). The highest BCUT2D eigenvalue weighted by atomic mass is 16.5. The molecule has 2 rings (SSSR count). The average molecular weight is 250 g/mol. The van der Waals surface area contributed by atoms with Gasteiger partial charge in [0.15, 0.2) is 0 Å². The summed E-state index contributed by atoms with van der Waals surface area (Å²) in [5, 5.41) is 12.3. The van der Waals surface area contributed by atoms with Crippen LogP contribution in [0.25, 0.3) is 0 Å². The fraction of sp³-hybridized carbons (Fsp3) is 0.857. The number of carbonyl (C=O) groups is 1. The average Bonchev–Trinajstić information content (AvgIpc) is 2.85. The maximum atomic E-state index is 12.0. The Morgan fingerprint density at radius 2 is 2.17 bits per heavy atom. The first-order chi connectivity index (χ1) is 8.63. The van der Waals surface area contributed by atoms with Crippen molar-refractivity contribution < 1.29 is 9.53 Å². The van der Waals surface area contributed by atoms with Crippen LogP contribution in [0, 0.1) is 17.2 Å². The van der Waals surface area contributed by atoms with E-state index in [9.17, 15) is 10.1 Å². The summed E-state index contributed by atoms with van der Waals surface area (Å²) in [7, 11) is 0. The molecule has 4 nitrogen and oxygen atoms in total. The van der Waals surface area contributed by atoms with E-state index in [2.05, 4.69) is 18.3 Å². The Hall–Kier alpha value is -1.08. The van der Waals surface area contributed by atoms with E-state index in [0.717, 1.165) is 45.1 Å². The number of nitriles is 1. The third kappa shape index (κ3) is 3.23. The molecule has 1 aliphatic carbocycles. The molecule has 1 heterocycles. The molecule has 1 saturated carbocycles. The molecule has 2 fully saturated rings. The zero-order valence-corrected chi connectivity index (χ0v) is 11.1. The second-order valence-electron chi connectivity index (χ2n) is 5.76. The van der Waals surface area contributed by atoms with Crippen LogP contribution in [0.4, 0.5) is 0 Å². The van der Waals surface area contributed by atoms with Crippen LogP contribution in [0.5, 0.6) is 0 Å². The second kappa shape index (κ2) is 5.71. The summed E-state index contributed by atoms with van der Waals surface area (Å²) in [6.45, 7) is 2.97. The van der Waals surface area contributed by atoms with Gasteiger partial charge in [0.25, 0.3) is 0 Å². The normalized spacial score (nSPS) is 36.0. The largest absolute Gasteiger partial charge is 0.378 e. The van der Waals surface area contributed by atoms with Crippen LogP contribution < -0.4 is 5.32 Å². The van der Waals surface area contributed by atoms with Crippen molar-refractivity contribution in [3.05, 3.63) is 0 Å². The van der Waals surface area contributed by atoms with Crippen molar-refractivity contribution in [3.63, 3.8) is 0 Å². The fourth-order valence-electron chi connectivity index (χ4n) is 2.85. The summed E-state index contributed by atoms with van der Waals surface area (Å²) in [6.07, 6.45) is 6.07. The summed E-state index contributed by atoms with van der Waals surface area (Å²) >= 11 is 0. The number of ether oxygens (including phenoxy) is 1. The van der Waals surface area contributed by atoms with Crippen LogP contribution in [0.3, 0.4) is 0 Å². The fourth-order valence-corrected chi connectivity index (χ4v) is 2.85. The summed E-state index contributed by atoms with van der Waals surface area (Å²) in [5.74, 6) is 0.638. The van der Waals surface area contributed by atoms with Gasteiger partial charge in [-0.25, -0.2) is 0 Å². The molecule has 1 amide bonds. The number of nitrogens with zero attached hydrogens (tertiary/aromatic N) is 1. The molecule has 1 N–H and O–H groups in total. The van der Waals surface area contributed by atoms with Crippen LogP contribution in [0.1, 0.15) is 51.9 Å². The molecule has 1 aliphatic heterocycles. The van der Waals surface area contributed by atoms with E-state index >= 15 is 0 Å². The van der Waals surface area contributed by atoms with Gasteiger partial charge in [-0.1, -0.05) is 6.92 Å². The lowest BCUT2D eigenvalue weighted by molar-refractivity contribution is -0.125. The topological polar surface area (TPSA) is 62.1 Å². The minimum absolute atomic E-state index is 0.0296. The number of amides is 1. The zero-order chi connectivity index (χ0) is 13.0. The van der Waals surface area contributed by atoms with Crippen LogP contribution in [0.2, 0.25) is 0 Å². The van der Waals surface area contributed by atoms with Gasteiger partial charge in [0.1, 0.15) is 5.54 Å². The van der Waals surface area contributed by atoms with E-state index in [1.54, 1.807) is 0 Å². The number of carbonyl (C=O) groups excluding carboxylic acids is 1. The number of nitrogens with one attached hydrogen (secondary N) is 1. The molecular weight excluding hydrogens is 228 g/mol. The molecule has 1 saturated heterocycles. The molecule has 1 atom stereocenters. The third-order valence-corrected chi connectivity index (χ3v) is 4.16. The van der Waals surface area contributed by atoms with Crippen molar-refractivity contribution in [2.24, 2.45) is 5.92 Å². The lowest BCUT2D eigenvalue weighted by atomic mass is 9.78. The summed E-state index contributed by atoms with van der Waals surface area (Å²) < 4.78 is 5.45. The Balaban J connectivity index is 1.85. The Morgan fingerprint density at radius 1 is 1.44 bits per heavy atom. The smallest absolute Gasteiger partial charge is 0.223 e. The van der Waals surface area contributed by atoms with Crippen molar-refractivity contribution in [3.8, 4) is 6.07 Å². The van der Waals surface area contributed by atoms with Gasteiger partial charge in [0.2, 0.25) is 5.91 Å². The van der Waals surface area contributed by atoms with E-state index in [1.807, 2.05) is 0 Å². The summed E-state index contributed by atoms with van der Waals surface area (Å²) in [4.78, 5) is 12.0. The van der Waals surface area contributed by atoms with Crippen molar-refractivity contribution >= 4 is 5.91 Å². The first-order valence-corrected chi connectivity index (χ1v) is 6.97. The molecule has 0 radical (unpaired) electrons. The van der Waals surface area contributed by atoms with Gasteiger partial charge < -0.3 is 10.1 Å². The molecular formula is C14H22N2O2. The van der Waals surface area contributed by atoms with Gasteiger partial charge >= 0.3 is 0 Å². The minimum atomic E-state index is -0.623. The van der Waals surface area contributed by atoms with Gasteiger partial charge in [-0.2, -0.15) is 5.26 Å². The van der Waals surface area contributed by atoms with Gasteiger partial charge in [-0.05, 0) is 44.4 Å². The molecule has 0 aromatic heterocycles. The lowest BCUT2D eigenvalue weighted by Gasteiger charge is -2.34. The monoisotopic (exact) mass is 250 g/mol. The molecule has 1 unspecified atom stereocenters. The quantitative estimate of drug-likeness (QED) is 0.834. The molecule has 100 valence electrons. The van der Waals surface area contributed by atoms with E-state index < -0.39 is 5.54 Å². The third-order valence-electron chi connectivity index (χ3n) is 4.16. The molecule has 0 aromatic rings. The van der Waals surface area contributed by atoms with E-state index in [-0.39, 0.29) is 12.0 Å². The number of rotatable bonds is 3. The van der Waals surface area contributed by atoms with Crippen LogP contribution in [-0.4, -0.2) is 24.2 Å². The first kappa shape index (κ1) is 13.4. The van der Waals surface area contributed by atoms with E-state index in [4.69, 9.17) is 4.74 Å². The summed E-state index contributed by atoms with van der Waals surface area (Å²) in [5.41, 5.74) is -0.623.